The van der Waals surface area contributed by atoms with E-state index in [4.69, 9.17) is 0 Å². The van der Waals surface area contributed by atoms with E-state index in [2.05, 4.69) is 15.0 Å². The largest absolute Gasteiger partial charge is 0.354 e. The number of fused-ring (bicyclic) bond motifs is 9. The van der Waals surface area contributed by atoms with Gasteiger partial charge in [0.1, 0.15) is 5.65 Å². The normalized spacial score (nSPS) is 12.1. The Labute approximate surface area is 299 Å². The minimum atomic E-state index is -2.60. The molecule has 0 saturated carbocycles. The summed E-state index contributed by atoms with van der Waals surface area (Å²) in [6.45, 7) is 0. The molecule has 0 unspecified atom stereocenters. The van der Waals surface area contributed by atoms with Crippen LogP contribution in [0.5, 0.6) is 0 Å². The monoisotopic (exact) mass is 796 g/mol. The van der Waals surface area contributed by atoms with E-state index in [1.165, 1.54) is 6.07 Å². The number of H-pyrrole nitrogens is 2. The van der Waals surface area contributed by atoms with Gasteiger partial charge in [0.05, 0.1) is 22.4 Å². The van der Waals surface area contributed by atoms with Gasteiger partial charge >= 0.3 is 0 Å². The van der Waals surface area contributed by atoms with Gasteiger partial charge in [0.15, 0.2) is 69.8 Å². The summed E-state index contributed by atoms with van der Waals surface area (Å²) >= 11 is 0. The second-order valence-electron chi connectivity index (χ2n) is 12.1. The third kappa shape index (κ3) is 5.09. The molecule has 2 N–H and O–H groups in total. The molecule has 0 spiro atoms. The van der Waals surface area contributed by atoms with Crippen LogP contribution in [0.25, 0.3) is 61.0 Å². The van der Waals surface area contributed by atoms with Crippen LogP contribution in [-0.2, 0) is 0 Å². The average Bonchev–Trinajstić information content (AvgIpc) is 4.03. The fourth-order valence-electron chi connectivity index (χ4n) is 6.44. The lowest BCUT2D eigenvalue weighted by molar-refractivity contribution is 0.381. The smallest absolute Gasteiger partial charge is 0.200 e. The SMILES string of the molecule is Fc1c(F)c(F)c(-c2c3cc(c(-c4c(F)c(F)c(F)c(F)c4F)c4ccc([nH]4)c(-c4c(F)c(F)c(F)c(F)c4F)c4ccc([nH]4)n4ccc2c4)N=C3)c(F)c1F. The first-order chi connectivity index (χ1) is 26.5. The summed E-state index contributed by atoms with van der Waals surface area (Å²) in [7, 11) is 0. The van der Waals surface area contributed by atoms with Crippen LogP contribution in [-0.4, -0.2) is 20.6 Å². The molecule has 3 aromatic carbocycles. The van der Waals surface area contributed by atoms with Crippen molar-refractivity contribution >= 4 is 39.5 Å². The summed E-state index contributed by atoms with van der Waals surface area (Å²) in [5.41, 5.74) is -10.6. The minimum absolute atomic E-state index is 0.0963. The van der Waals surface area contributed by atoms with Crippen LogP contribution in [0.4, 0.5) is 71.5 Å². The van der Waals surface area contributed by atoms with Crippen molar-refractivity contribution in [3.8, 4) is 33.4 Å². The highest BCUT2D eigenvalue weighted by Gasteiger charge is 2.33. The molecule has 1 aliphatic rings. The standard InChI is InChI=1S/C37H11F15N4/c38-23-20(24(39)30(45)35(50)29(23)44)17-10-5-6-56(9-10)16-4-3-14(55-16)18(21-25(40)31(46)36(51)32(47)26(21)41)12-1-2-13(54-12)19(15-7-11(17)8-53-15)22-27(42)33(48)37(52)34(49)28(22)43/h1-9,54-55H. The minimum Gasteiger partial charge on any atom is -0.354 e. The highest BCUT2D eigenvalue weighted by Crippen LogP contribution is 2.44. The number of benzene rings is 3. The summed E-state index contributed by atoms with van der Waals surface area (Å²) in [6.07, 6.45) is 2.90. The van der Waals surface area contributed by atoms with Crippen LogP contribution in [0.3, 0.4) is 0 Å². The van der Waals surface area contributed by atoms with Crippen molar-refractivity contribution in [2.24, 2.45) is 4.99 Å². The first kappa shape index (κ1) is 36.3. The number of halogens is 15. The molecule has 4 nitrogen and oxygen atoms in total. The molecule has 8 rings (SSSR count). The van der Waals surface area contributed by atoms with Crippen molar-refractivity contribution in [1.82, 2.24) is 14.4 Å². The first-order valence-electron chi connectivity index (χ1n) is 15.4. The quantitative estimate of drug-likeness (QED) is 0.102. The number of aliphatic imine (C=N–C) groups is 1. The van der Waals surface area contributed by atoms with Gasteiger partial charge in [-0.3, -0.25) is 4.99 Å². The fourth-order valence-corrected chi connectivity index (χ4v) is 6.44. The summed E-state index contributed by atoms with van der Waals surface area (Å²) in [6, 6.07) is 5.76. The molecule has 0 atom stereocenters. The molecule has 8 bridgehead atoms. The van der Waals surface area contributed by atoms with Crippen LogP contribution < -0.4 is 0 Å². The zero-order valence-corrected chi connectivity index (χ0v) is 26.8. The summed E-state index contributed by atoms with van der Waals surface area (Å²) < 4.78 is 224. The van der Waals surface area contributed by atoms with Crippen molar-refractivity contribution < 1.29 is 65.9 Å². The lowest BCUT2D eigenvalue weighted by Gasteiger charge is -2.11. The highest BCUT2D eigenvalue weighted by molar-refractivity contribution is 6.05. The Hall–Kier alpha value is -6.66. The topological polar surface area (TPSA) is 48.3 Å². The molecule has 0 amide bonds. The van der Waals surface area contributed by atoms with Gasteiger partial charge in [-0.05, 0) is 36.4 Å². The van der Waals surface area contributed by atoms with Crippen LogP contribution >= 0.6 is 0 Å². The van der Waals surface area contributed by atoms with E-state index >= 15 is 26.3 Å². The lowest BCUT2D eigenvalue weighted by Crippen LogP contribution is -2.05. The third-order valence-corrected chi connectivity index (χ3v) is 8.98. The van der Waals surface area contributed by atoms with Crippen LogP contribution in [0.1, 0.15) is 5.56 Å². The van der Waals surface area contributed by atoms with Crippen LogP contribution in [0, 0.1) is 87.3 Å². The molecule has 7 aromatic rings. The van der Waals surface area contributed by atoms with Gasteiger partial charge in [0.2, 0.25) is 17.5 Å². The van der Waals surface area contributed by atoms with Gasteiger partial charge in [0, 0.05) is 62.8 Å². The molecule has 56 heavy (non-hydrogen) atoms. The number of nitrogens with one attached hydrogen (secondary N) is 2. The molecule has 4 aromatic heterocycles. The number of aromatic nitrogens is 3. The van der Waals surface area contributed by atoms with Gasteiger partial charge in [-0.2, -0.15) is 0 Å². The zero-order chi connectivity index (χ0) is 40.2. The van der Waals surface area contributed by atoms with Crippen LogP contribution in [0.2, 0.25) is 0 Å². The maximum atomic E-state index is 15.6. The zero-order valence-electron chi connectivity index (χ0n) is 26.8. The van der Waals surface area contributed by atoms with Gasteiger partial charge in [-0.1, -0.05) is 0 Å². The van der Waals surface area contributed by atoms with Gasteiger partial charge in [0.25, 0.3) is 0 Å². The lowest BCUT2D eigenvalue weighted by atomic mass is 9.97. The van der Waals surface area contributed by atoms with E-state index in [1.54, 1.807) is 0 Å². The van der Waals surface area contributed by atoms with Crippen LogP contribution in [0.15, 0.2) is 53.8 Å². The predicted molar refractivity (Wildman–Crippen MR) is 170 cm³/mol. The molecule has 0 saturated heterocycles. The van der Waals surface area contributed by atoms with Crippen molar-refractivity contribution in [3.05, 3.63) is 142 Å². The van der Waals surface area contributed by atoms with Crippen molar-refractivity contribution in [2.75, 3.05) is 0 Å². The van der Waals surface area contributed by atoms with E-state index in [0.29, 0.717) is 6.21 Å². The average molecular weight is 796 g/mol. The highest BCUT2D eigenvalue weighted by atomic mass is 19.2. The van der Waals surface area contributed by atoms with E-state index in [1.807, 2.05) is 0 Å². The van der Waals surface area contributed by atoms with E-state index in [-0.39, 0.29) is 11.0 Å². The maximum absolute atomic E-state index is 15.6. The van der Waals surface area contributed by atoms with Crippen molar-refractivity contribution in [2.45, 2.75) is 0 Å². The summed E-state index contributed by atoms with van der Waals surface area (Å²) in [5.74, 6) is -36.4. The Morgan fingerprint density at radius 1 is 0.393 bits per heavy atom. The maximum Gasteiger partial charge on any atom is 0.200 e. The molecule has 0 fully saturated rings. The Morgan fingerprint density at radius 2 is 0.786 bits per heavy atom. The fraction of sp³-hybridized carbons (Fsp3) is 0. The number of hydrogen-bond donors (Lipinski definition) is 2. The molecule has 284 valence electrons. The molecular weight excluding hydrogens is 785 g/mol. The second-order valence-corrected chi connectivity index (χ2v) is 12.1. The molecule has 5 heterocycles. The van der Waals surface area contributed by atoms with E-state index < -0.39 is 148 Å². The van der Waals surface area contributed by atoms with Crippen molar-refractivity contribution in [3.63, 3.8) is 0 Å². The third-order valence-electron chi connectivity index (χ3n) is 8.98. The van der Waals surface area contributed by atoms with Gasteiger partial charge in [-0.15, -0.1) is 0 Å². The van der Waals surface area contributed by atoms with Gasteiger partial charge < -0.3 is 14.4 Å². The molecule has 19 heteroatoms. The molecule has 1 aliphatic heterocycles. The molecule has 0 radical (unpaired) electrons. The Balaban J connectivity index is 1.65. The Bertz CT molecular complexity index is 2960. The number of aromatic amines is 2. The number of rotatable bonds is 3. The van der Waals surface area contributed by atoms with Crippen molar-refractivity contribution in [1.29, 1.82) is 0 Å². The molecule has 0 aliphatic carbocycles. The Kier molecular flexibility index (Phi) is 8.24. The predicted octanol–water partition coefficient (Wildman–Crippen LogP) is 11.7. The summed E-state index contributed by atoms with van der Waals surface area (Å²) in [5, 5.41) is -0.346. The number of hydrogen-bond acceptors (Lipinski definition) is 1. The Morgan fingerprint density at radius 3 is 1.29 bits per heavy atom. The van der Waals surface area contributed by atoms with E-state index in [9.17, 15) is 39.5 Å². The molecular formula is C37H11F15N4. The van der Waals surface area contributed by atoms with Gasteiger partial charge in [-0.25, -0.2) is 65.9 Å². The second kappa shape index (κ2) is 12.7. The van der Waals surface area contributed by atoms with E-state index in [0.717, 1.165) is 47.1 Å². The number of nitrogens with zero attached hydrogens (tertiary/aromatic N) is 2. The first-order valence-corrected chi connectivity index (χ1v) is 15.4. The summed E-state index contributed by atoms with van der Waals surface area (Å²) in [4.78, 5) is 8.99.